The van der Waals surface area contributed by atoms with Gasteiger partial charge in [-0.1, -0.05) is 28.9 Å². The molecule has 1 atom stereocenters. The number of fused-ring (bicyclic) bond motifs is 1. The molecule has 30 heavy (non-hydrogen) atoms. The molecule has 0 fully saturated rings. The third-order valence-corrected chi connectivity index (χ3v) is 5.53. The summed E-state index contributed by atoms with van der Waals surface area (Å²) in [5, 5.41) is 12.2. The zero-order chi connectivity index (χ0) is 20.5. The molecule has 1 N–H and O–H groups in total. The second-order valence-electron chi connectivity index (χ2n) is 7.31. The third-order valence-electron chi connectivity index (χ3n) is 5.30. The Kier molecular flexibility index (Phi) is 4.88. The molecular weight excluding hydrogens is 404 g/mol. The number of rotatable bonds is 5. The summed E-state index contributed by atoms with van der Waals surface area (Å²) in [6.45, 7) is 0.645. The lowest BCUT2D eigenvalue weighted by molar-refractivity contribution is 0.0923. The Labute approximate surface area is 177 Å². The summed E-state index contributed by atoms with van der Waals surface area (Å²) in [5.74, 6) is 0.671. The van der Waals surface area contributed by atoms with Crippen LogP contribution in [-0.4, -0.2) is 20.8 Å². The number of hydrogen-bond donors (Lipinski definition) is 1. The Bertz CT molecular complexity index is 1180. The van der Waals surface area contributed by atoms with E-state index >= 15 is 0 Å². The first-order chi connectivity index (χ1) is 14.7. The topological polar surface area (TPSA) is 86.1 Å². The summed E-state index contributed by atoms with van der Waals surface area (Å²) < 4.78 is 12.5. The van der Waals surface area contributed by atoms with Gasteiger partial charge < -0.3 is 14.3 Å². The summed E-state index contributed by atoms with van der Waals surface area (Å²) in [5.41, 5.74) is 3.50. The van der Waals surface area contributed by atoms with E-state index in [0.29, 0.717) is 23.1 Å². The van der Waals surface area contributed by atoms with Crippen LogP contribution in [0.4, 0.5) is 0 Å². The summed E-state index contributed by atoms with van der Waals surface area (Å²) in [6, 6.07) is 12.7. The van der Waals surface area contributed by atoms with Gasteiger partial charge in [-0.25, -0.2) is 0 Å². The van der Waals surface area contributed by atoms with Gasteiger partial charge in [0.05, 0.1) is 25.0 Å². The van der Waals surface area contributed by atoms with Crippen molar-refractivity contribution in [2.24, 2.45) is 0 Å². The van der Waals surface area contributed by atoms with Crippen LogP contribution in [-0.2, 0) is 13.0 Å². The largest absolute Gasteiger partial charge is 0.461 e. The molecule has 0 spiro atoms. The van der Waals surface area contributed by atoms with Crippen LogP contribution in [0.25, 0.3) is 11.5 Å². The molecule has 8 heteroatoms. The van der Waals surface area contributed by atoms with E-state index < -0.39 is 0 Å². The summed E-state index contributed by atoms with van der Waals surface area (Å²) >= 11 is 6.10. The number of aromatic nitrogens is 3. The van der Waals surface area contributed by atoms with Crippen LogP contribution in [0.5, 0.6) is 0 Å². The number of benzene rings is 1. The Morgan fingerprint density at radius 3 is 3.00 bits per heavy atom. The average molecular weight is 423 g/mol. The van der Waals surface area contributed by atoms with Crippen molar-refractivity contribution in [3.63, 3.8) is 0 Å². The SMILES string of the molecule is O=C(NC1CCCc2c1cnn2Cc1cccc(Cl)c1)c1cc(-c2ccco2)on1. The van der Waals surface area contributed by atoms with E-state index in [1.807, 2.05) is 35.1 Å². The molecule has 5 rings (SSSR count). The third kappa shape index (κ3) is 3.64. The number of furan rings is 1. The van der Waals surface area contributed by atoms with Crippen LogP contribution < -0.4 is 5.32 Å². The molecule has 0 aliphatic heterocycles. The predicted octanol–water partition coefficient (Wildman–Crippen LogP) is 4.64. The maximum atomic E-state index is 12.7. The van der Waals surface area contributed by atoms with Crippen molar-refractivity contribution in [3.8, 4) is 11.5 Å². The number of halogens is 1. The fourth-order valence-electron chi connectivity index (χ4n) is 3.86. The van der Waals surface area contributed by atoms with Gasteiger partial charge in [0.2, 0.25) is 5.76 Å². The van der Waals surface area contributed by atoms with Crippen LogP contribution >= 0.6 is 11.6 Å². The van der Waals surface area contributed by atoms with Crippen molar-refractivity contribution in [2.45, 2.75) is 31.8 Å². The molecule has 152 valence electrons. The number of nitrogens with one attached hydrogen (secondary N) is 1. The summed E-state index contributed by atoms with van der Waals surface area (Å²) in [4.78, 5) is 12.7. The minimum Gasteiger partial charge on any atom is -0.461 e. The minimum absolute atomic E-state index is 0.113. The smallest absolute Gasteiger partial charge is 0.273 e. The molecule has 1 amide bonds. The molecule has 0 saturated carbocycles. The first-order valence-corrected chi connectivity index (χ1v) is 10.2. The second-order valence-corrected chi connectivity index (χ2v) is 7.74. The number of carbonyl (C=O) groups excluding carboxylic acids is 1. The van der Waals surface area contributed by atoms with Gasteiger partial charge in [0, 0.05) is 22.3 Å². The van der Waals surface area contributed by atoms with Gasteiger partial charge in [0.1, 0.15) is 0 Å². The average Bonchev–Trinajstić information content (AvgIpc) is 3.49. The zero-order valence-corrected chi connectivity index (χ0v) is 16.8. The van der Waals surface area contributed by atoms with Gasteiger partial charge in [-0.15, -0.1) is 0 Å². The molecule has 4 aromatic rings. The van der Waals surface area contributed by atoms with E-state index in [1.165, 1.54) is 0 Å². The lowest BCUT2D eigenvalue weighted by atomic mass is 9.92. The molecule has 1 unspecified atom stereocenters. The molecule has 0 bridgehead atoms. The Morgan fingerprint density at radius 1 is 1.23 bits per heavy atom. The van der Waals surface area contributed by atoms with Crippen molar-refractivity contribution >= 4 is 17.5 Å². The minimum atomic E-state index is -0.281. The van der Waals surface area contributed by atoms with Crippen molar-refractivity contribution in [1.82, 2.24) is 20.3 Å². The van der Waals surface area contributed by atoms with Gasteiger partial charge in [-0.3, -0.25) is 9.48 Å². The van der Waals surface area contributed by atoms with Crippen LogP contribution in [0, 0.1) is 0 Å². The molecule has 0 radical (unpaired) electrons. The number of amides is 1. The Balaban J connectivity index is 1.33. The monoisotopic (exact) mass is 422 g/mol. The van der Waals surface area contributed by atoms with Gasteiger partial charge in [0.15, 0.2) is 11.5 Å². The summed E-state index contributed by atoms with van der Waals surface area (Å²) in [6.07, 6.45) is 6.14. The molecule has 3 aromatic heterocycles. The van der Waals surface area contributed by atoms with E-state index in [4.69, 9.17) is 20.5 Å². The fraction of sp³-hybridized carbons (Fsp3) is 0.227. The standard InChI is InChI=1S/C22H19ClN4O3/c23-15-5-1-4-14(10-15)13-27-19-7-2-6-17(16(19)12-24-27)25-22(28)18-11-21(30-26-18)20-8-3-9-29-20/h1,3-5,8-12,17H,2,6-7,13H2,(H,25,28). The highest BCUT2D eigenvalue weighted by Gasteiger charge is 2.27. The molecule has 1 aliphatic rings. The van der Waals surface area contributed by atoms with Gasteiger partial charge in [0.25, 0.3) is 5.91 Å². The highest BCUT2D eigenvalue weighted by atomic mass is 35.5. The molecular formula is C22H19ClN4O3. The van der Waals surface area contributed by atoms with Crippen molar-refractivity contribution in [2.75, 3.05) is 0 Å². The number of carbonyl (C=O) groups is 1. The second kappa shape index (κ2) is 7.84. The van der Waals surface area contributed by atoms with Gasteiger partial charge in [-0.2, -0.15) is 5.10 Å². The van der Waals surface area contributed by atoms with E-state index in [-0.39, 0.29) is 17.6 Å². The molecule has 1 aromatic carbocycles. The Morgan fingerprint density at radius 2 is 2.17 bits per heavy atom. The number of hydrogen-bond acceptors (Lipinski definition) is 5. The van der Waals surface area contributed by atoms with E-state index in [9.17, 15) is 4.79 Å². The first-order valence-electron chi connectivity index (χ1n) is 9.78. The molecule has 1 aliphatic carbocycles. The predicted molar refractivity (Wildman–Crippen MR) is 110 cm³/mol. The van der Waals surface area contributed by atoms with E-state index in [2.05, 4.69) is 15.6 Å². The normalized spacial score (nSPS) is 15.7. The van der Waals surface area contributed by atoms with Gasteiger partial charge in [-0.05, 0) is 49.1 Å². The molecule has 3 heterocycles. The van der Waals surface area contributed by atoms with Crippen LogP contribution in [0.1, 0.15) is 46.2 Å². The highest BCUT2D eigenvalue weighted by Crippen LogP contribution is 2.30. The van der Waals surface area contributed by atoms with E-state index in [0.717, 1.165) is 36.1 Å². The highest BCUT2D eigenvalue weighted by molar-refractivity contribution is 6.30. The zero-order valence-electron chi connectivity index (χ0n) is 16.0. The fourth-order valence-corrected chi connectivity index (χ4v) is 4.08. The maximum absolute atomic E-state index is 12.7. The van der Waals surface area contributed by atoms with Crippen LogP contribution in [0.3, 0.4) is 0 Å². The summed E-state index contributed by atoms with van der Waals surface area (Å²) in [7, 11) is 0. The van der Waals surface area contributed by atoms with Crippen molar-refractivity contribution in [1.29, 1.82) is 0 Å². The first kappa shape index (κ1) is 18.7. The Hall–Kier alpha value is -3.32. The van der Waals surface area contributed by atoms with E-state index in [1.54, 1.807) is 24.5 Å². The van der Waals surface area contributed by atoms with Crippen molar-refractivity contribution in [3.05, 3.63) is 82.5 Å². The van der Waals surface area contributed by atoms with Crippen LogP contribution in [0.2, 0.25) is 5.02 Å². The quantitative estimate of drug-likeness (QED) is 0.506. The van der Waals surface area contributed by atoms with Crippen LogP contribution in [0.15, 0.2) is 63.9 Å². The molecule has 0 saturated heterocycles. The lowest BCUT2D eigenvalue weighted by Gasteiger charge is -2.24. The number of nitrogens with zero attached hydrogens (tertiary/aromatic N) is 3. The van der Waals surface area contributed by atoms with Crippen molar-refractivity contribution < 1.29 is 13.7 Å². The van der Waals surface area contributed by atoms with Gasteiger partial charge >= 0.3 is 0 Å². The maximum Gasteiger partial charge on any atom is 0.273 e. The lowest BCUT2D eigenvalue weighted by Crippen LogP contribution is -2.31. The molecule has 7 nitrogen and oxygen atoms in total.